The highest BCUT2D eigenvalue weighted by molar-refractivity contribution is 5.95. The van der Waals surface area contributed by atoms with E-state index in [4.69, 9.17) is 4.74 Å². The summed E-state index contributed by atoms with van der Waals surface area (Å²) in [4.78, 5) is 46.7. The molecule has 2 N–H and O–H groups in total. The fourth-order valence-electron chi connectivity index (χ4n) is 2.91. The number of H-pyrrole nitrogens is 1. The summed E-state index contributed by atoms with van der Waals surface area (Å²) in [6.45, 7) is 2.77. The Kier molecular flexibility index (Phi) is 6.05. The van der Waals surface area contributed by atoms with Crippen molar-refractivity contribution in [2.45, 2.75) is 0 Å². The van der Waals surface area contributed by atoms with Crippen LogP contribution in [-0.2, 0) is 4.79 Å². The van der Waals surface area contributed by atoms with Crippen LogP contribution in [0.2, 0.25) is 0 Å². The number of ether oxygens (including phenoxy) is 1. The number of carbonyl (C=O) groups excluding carboxylic acids is 2. The first-order valence-electron chi connectivity index (χ1n) is 8.96. The Bertz CT molecular complexity index is 901. The van der Waals surface area contributed by atoms with Crippen molar-refractivity contribution in [3.8, 4) is 17.0 Å². The predicted octanol–water partition coefficient (Wildman–Crippen LogP) is -0.0507. The maximum atomic E-state index is 12.4. The van der Waals surface area contributed by atoms with Crippen molar-refractivity contribution in [3.05, 3.63) is 46.5 Å². The van der Waals surface area contributed by atoms with Crippen molar-refractivity contribution in [1.82, 2.24) is 25.1 Å². The van der Waals surface area contributed by atoms with E-state index in [0.29, 0.717) is 30.1 Å². The second kappa shape index (κ2) is 8.66. The van der Waals surface area contributed by atoms with Crippen LogP contribution in [0.5, 0.6) is 5.75 Å². The number of carbonyl (C=O) groups is 2. The van der Waals surface area contributed by atoms with E-state index in [-0.39, 0.29) is 18.1 Å². The molecule has 1 aliphatic rings. The fourth-order valence-corrected chi connectivity index (χ4v) is 2.91. The number of aromatic amines is 1. The first kappa shape index (κ1) is 19.6. The van der Waals surface area contributed by atoms with Crippen LogP contribution in [0.3, 0.4) is 0 Å². The van der Waals surface area contributed by atoms with Gasteiger partial charge in [-0.15, -0.1) is 0 Å². The van der Waals surface area contributed by atoms with Crippen LogP contribution in [0, 0.1) is 0 Å². The molecular weight excluding hydrogens is 362 g/mol. The number of hydrogen-bond acceptors (Lipinski definition) is 6. The first-order chi connectivity index (χ1) is 13.5. The molecule has 28 heavy (non-hydrogen) atoms. The van der Waals surface area contributed by atoms with Crippen LogP contribution in [0.4, 0.5) is 0 Å². The van der Waals surface area contributed by atoms with Crippen LogP contribution in [0.15, 0.2) is 35.1 Å². The van der Waals surface area contributed by atoms with Gasteiger partial charge in [-0.25, -0.2) is 4.79 Å². The lowest BCUT2D eigenvalue weighted by Gasteiger charge is -2.32. The van der Waals surface area contributed by atoms with E-state index < -0.39 is 11.6 Å². The molecule has 0 saturated carbocycles. The molecule has 0 atom stereocenters. The average Bonchev–Trinajstić information content (AvgIpc) is 2.72. The highest BCUT2D eigenvalue weighted by atomic mass is 16.5. The van der Waals surface area contributed by atoms with Crippen LogP contribution in [0.1, 0.15) is 10.5 Å². The minimum absolute atomic E-state index is 0.0528. The second-order valence-corrected chi connectivity index (χ2v) is 6.58. The van der Waals surface area contributed by atoms with Crippen molar-refractivity contribution in [2.24, 2.45) is 0 Å². The Morgan fingerprint density at radius 3 is 2.50 bits per heavy atom. The number of rotatable bonds is 5. The zero-order valence-electron chi connectivity index (χ0n) is 15.9. The van der Waals surface area contributed by atoms with E-state index in [2.05, 4.69) is 20.2 Å². The topological polar surface area (TPSA) is 108 Å². The Morgan fingerprint density at radius 1 is 1.18 bits per heavy atom. The molecule has 0 spiro atoms. The molecule has 9 heteroatoms. The minimum atomic E-state index is -0.635. The Hall–Kier alpha value is -3.20. The number of aromatic nitrogens is 2. The van der Waals surface area contributed by atoms with Crippen molar-refractivity contribution in [2.75, 3.05) is 46.9 Å². The molecule has 1 fully saturated rings. The summed E-state index contributed by atoms with van der Waals surface area (Å²) in [7, 11) is 3.57. The van der Waals surface area contributed by atoms with Gasteiger partial charge in [0.05, 0.1) is 19.3 Å². The first-order valence-corrected chi connectivity index (χ1v) is 8.96. The molecule has 1 aromatic carbocycles. The molecule has 2 amide bonds. The van der Waals surface area contributed by atoms with Crippen LogP contribution in [0.25, 0.3) is 11.3 Å². The zero-order valence-corrected chi connectivity index (χ0v) is 15.9. The molecule has 2 aromatic rings. The summed E-state index contributed by atoms with van der Waals surface area (Å²) >= 11 is 0. The molecule has 0 radical (unpaired) electrons. The summed E-state index contributed by atoms with van der Waals surface area (Å²) in [5, 5.41) is 2.57. The van der Waals surface area contributed by atoms with Gasteiger partial charge in [-0.2, -0.15) is 4.98 Å². The third-order valence-electron chi connectivity index (χ3n) is 4.63. The lowest BCUT2D eigenvalue weighted by Crippen LogP contribution is -2.50. The Balaban J connectivity index is 1.67. The molecule has 2 heterocycles. The van der Waals surface area contributed by atoms with Gasteiger partial charge in [0.1, 0.15) is 11.4 Å². The van der Waals surface area contributed by atoms with E-state index in [0.717, 1.165) is 13.1 Å². The maximum absolute atomic E-state index is 12.4. The van der Waals surface area contributed by atoms with Gasteiger partial charge in [0.2, 0.25) is 5.91 Å². The van der Waals surface area contributed by atoms with E-state index in [1.54, 1.807) is 36.3 Å². The van der Waals surface area contributed by atoms with Crippen molar-refractivity contribution < 1.29 is 14.3 Å². The van der Waals surface area contributed by atoms with Crippen molar-refractivity contribution in [3.63, 3.8) is 0 Å². The highest BCUT2D eigenvalue weighted by Gasteiger charge is 2.20. The Morgan fingerprint density at radius 2 is 1.86 bits per heavy atom. The Labute approximate surface area is 162 Å². The van der Waals surface area contributed by atoms with E-state index in [9.17, 15) is 14.4 Å². The lowest BCUT2D eigenvalue weighted by atomic mass is 10.1. The molecule has 3 rings (SSSR count). The monoisotopic (exact) mass is 385 g/mol. The molecule has 0 unspecified atom stereocenters. The van der Waals surface area contributed by atoms with Crippen LogP contribution in [-0.4, -0.2) is 78.5 Å². The van der Waals surface area contributed by atoms with Crippen molar-refractivity contribution in [1.29, 1.82) is 0 Å². The maximum Gasteiger partial charge on any atom is 0.346 e. The molecule has 1 aromatic heterocycles. The van der Waals surface area contributed by atoms with Crippen LogP contribution >= 0.6 is 0 Å². The van der Waals surface area contributed by atoms with Crippen LogP contribution < -0.4 is 15.7 Å². The smallest absolute Gasteiger partial charge is 0.346 e. The SMILES string of the molecule is COc1ccc(-c2cc(C(=O)NCC(=O)N3CCN(C)CC3)[nH]c(=O)n2)cc1. The normalized spacial score (nSPS) is 14.6. The van der Waals surface area contributed by atoms with Gasteiger partial charge in [0, 0.05) is 31.7 Å². The number of methoxy groups -OCH3 is 1. The van der Waals surface area contributed by atoms with Gasteiger partial charge >= 0.3 is 5.69 Å². The zero-order chi connectivity index (χ0) is 20.1. The summed E-state index contributed by atoms with van der Waals surface area (Å²) in [5.74, 6) is -0.000976. The standard InChI is InChI=1S/C19H23N5O4/c1-23-7-9-24(10-8-23)17(25)12-20-18(26)16-11-15(21-19(27)22-16)13-3-5-14(28-2)6-4-13/h3-6,11H,7-10,12H2,1-2H3,(H,20,26)(H,21,22,27). The van der Waals surface area contributed by atoms with Gasteiger partial charge in [-0.1, -0.05) is 0 Å². The van der Waals surface area contributed by atoms with Gasteiger partial charge in [0.15, 0.2) is 0 Å². The van der Waals surface area contributed by atoms with E-state index >= 15 is 0 Å². The second-order valence-electron chi connectivity index (χ2n) is 6.58. The number of likely N-dealkylation sites (N-methyl/N-ethyl adjacent to an activating group) is 1. The molecule has 148 valence electrons. The number of benzene rings is 1. The molecule has 9 nitrogen and oxygen atoms in total. The lowest BCUT2D eigenvalue weighted by molar-refractivity contribution is -0.131. The molecule has 0 bridgehead atoms. The van der Waals surface area contributed by atoms with Gasteiger partial charge in [0.25, 0.3) is 5.91 Å². The molecule has 0 aliphatic carbocycles. The average molecular weight is 385 g/mol. The molecule has 1 saturated heterocycles. The summed E-state index contributed by atoms with van der Waals surface area (Å²) in [6, 6.07) is 8.47. The summed E-state index contributed by atoms with van der Waals surface area (Å²) in [5.41, 5.74) is 0.456. The predicted molar refractivity (Wildman–Crippen MR) is 103 cm³/mol. The van der Waals surface area contributed by atoms with Gasteiger partial charge in [-0.3, -0.25) is 9.59 Å². The van der Waals surface area contributed by atoms with Gasteiger partial charge in [-0.05, 0) is 37.4 Å². The summed E-state index contributed by atoms with van der Waals surface area (Å²) < 4.78 is 5.11. The number of hydrogen-bond donors (Lipinski definition) is 2. The van der Waals surface area contributed by atoms with E-state index in [1.807, 2.05) is 7.05 Å². The third-order valence-corrected chi connectivity index (χ3v) is 4.63. The number of amides is 2. The highest BCUT2D eigenvalue weighted by Crippen LogP contribution is 2.20. The minimum Gasteiger partial charge on any atom is -0.497 e. The third kappa shape index (κ3) is 4.74. The van der Waals surface area contributed by atoms with Gasteiger partial charge < -0.3 is 24.8 Å². The number of nitrogens with zero attached hydrogens (tertiary/aromatic N) is 3. The van der Waals surface area contributed by atoms with Crippen molar-refractivity contribution >= 4 is 11.8 Å². The fraction of sp³-hybridized carbons (Fsp3) is 0.368. The quantitative estimate of drug-likeness (QED) is 0.747. The largest absolute Gasteiger partial charge is 0.497 e. The number of nitrogens with one attached hydrogen (secondary N) is 2. The van der Waals surface area contributed by atoms with E-state index in [1.165, 1.54) is 6.07 Å². The number of piperazine rings is 1. The summed E-state index contributed by atoms with van der Waals surface area (Å²) in [6.07, 6.45) is 0. The molecule has 1 aliphatic heterocycles. The molecular formula is C19H23N5O4.